The van der Waals surface area contributed by atoms with E-state index in [0.717, 1.165) is 12.8 Å². The number of esters is 1. The Morgan fingerprint density at radius 2 is 2.05 bits per heavy atom. The number of para-hydroxylation sites is 1. The first-order chi connectivity index (χ1) is 9.70. The molecule has 2 atom stereocenters. The number of ether oxygens (including phenoxy) is 2. The van der Waals surface area contributed by atoms with Crippen LogP contribution in [0.5, 0.6) is 5.75 Å². The summed E-state index contributed by atoms with van der Waals surface area (Å²) in [5.74, 6) is 0.333. The highest BCUT2D eigenvalue weighted by atomic mass is 16.5. The predicted molar refractivity (Wildman–Crippen MR) is 74.4 cm³/mol. The maximum absolute atomic E-state index is 12.0. The molecule has 108 valence electrons. The van der Waals surface area contributed by atoms with Gasteiger partial charge in [-0.1, -0.05) is 18.2 Å². The lowest BCUT2D eigenvalue weighted by Crippen LogP contribution is -2.34. The second-order valence-corrected chi connectivity index (χ2v) is 5.17. The van der Waals surface area contributed by atoms with E-state index in [1.165, 1.54) is 0 Å². The second-order valence-electron chi connectivity index (χ2n) is 5.17. The van der Waals surface area contributed by atoms with Crippen molar-refractivity contribution in [1.82, 2.24) is 0 Å². The molecular formula is C16H20O4. The third kappa shape index (κ3) is 3.90. The van der Waals surface area contributed by atoms with Gasteiger partial charge in [-0.2, -0.15) is 0 Å². The monoisotopic (exact) mass is 276 g/mol. The molecule has 0 aliphatic heterocycles. The molecule has 0 radical (unpaired) electrons. The molecule has 4 nitrogen and oxygen atoms in total. The van der Waals surface area contributed by atoms with Crippen molar-refractivity contribution in [2.45, 2.75) is 25.7 Å². The first-order valence-corrected chi connectivity index (χ1v) is 6.98. The topological polar surface area (TPSA) is 52.6 Å². The van der Waals surface area contributed by atoms with Crippen LogP contribution in [-0.2, 0) is 14.3 Å². The van der Waals surface area contributed by atoms with Gasteiger partial charge in [-0.15, -0.1) is 0 Å². The number of Topliss-reactive ketones (excluding diaryl/α,β-unsaturated/α-hetero) is 1. The molecule has 0 saturated heterocycles. The van der Waals surface area contributed by atoms with Crippen molar-refractivity contribution in [3.8, 4) is 5.75 Å². The highest BCUT2D eigenvalue weighted by Crippen LogP contribution is 2.30. The zero-order valence-electron chi connectivity index (χ0n) is 11.7. The number of hydrogen-bond donors (Lipinski definition) is 0. The molecule has 20 heavy (non-hydrogen) atoms. The number of hydrogen-bond acceptors (Lipinski definition) is 4. The molecule has 0 aromatic heterocycles. The summed E-state index contributed by atoms with van der Waals surface area (Å²) in [7, 11) is 1.58. The average Bonchev–Trinajstić information content (AvgIpc) is 2.44. The van der Waals surface area contributed by atoms with E-state index in [-0.39, 0.29) is 30.0 Å². The van der Waals surface area contributed by atoms with Crippen LogP contribution in [0, 0.1) is 11.8 Å². The molecule has 2 rings (SSSR count). The third-order valence-corrected chi connectivity index (χ3v) is 3.73. The van der Waals surface area contributed by atoms with Gasteiger partial charge in [-0.25, -0.2) is 0 Å². The van der Waals surface area contributed by atoms with Gasteiger partial charge in [0.15, 0.2) is 0 Å². The van der Waals surface area contributed by atoms with Crippen LogP contribution in [0.1, 0.15) is 25.7 Å². The van der Waals surface area contributed by atoms with Gasteiger partial charge in [0.05, 0.1) is 6.61 Å². The molecule has 1 aliphatic carbocycles. The molecule has 0 amide bonds. The molecule has 1 saturated carbocycles. The lowest BCUT2D eigenvalue weighted by atomic mass is 9.77. The van der Waals surface area contributed by atoms with Crippen LogP contribution in [0.4, 0.5) is 0 Å². The Balaban J connectivity index is 1.93. The zero-order chi connectivity index (χ0) is 14.4. The highest BCUT2D eigenvalue weighted by molar-refractivity contribution is 5.83. The van der Waals surface area contributed by atoms with Gasteiger partial charge in [-0.05, 0) is 30.9 Å². The van der Waals surface area contributed by atoms with Crippen LogP contribution in [0.2, 0.25) is 0 Å². The zero-order valence-corrected chi connectivity index (χ0v) is 11.7. The molecule has 0 heterocycles. The molecule has 1 aromatic rings. The van der Waals surface area contributed by atoms with Gasteiger partial charge in [0, 0.05) is 25.9 Å². The Morgan fingerprint density at radius 3 is 2.75 bits per heavy atom. The molecular weight excluding hydrogens is 256 g/mol. The fourth-order valence-electron chi connectivity index (χ4n) is 2.72. The molecule has 1 aromatic carbocycles. The van der Waals surface area contributed by atoms with Crippen LogP contribution in [-0.4, -0.2) is 25.5 Å². The van der Waals surface area contributed by atoms with Crippen LogP contribution in [0.25, 0.3) is 0 Å². The summed E-state index contributed by atoms with van der Waals surface area (Å²) in [6.07, 6.45) is 2.60. The lowest BCUT2D eigenvalue weighted by molar-refractivity contribution is -0.138. The van der Waals surface area contributed by atoms with E-state index in [1.54, 1.807) is 19.2 Å². The standard InChI is InChI=1S/C16H20O4/c1-19-11-14-12(6-5-9-15(14)17)10-16(18)20-13-7-3-2-4-8-13/h2-4,7-8,12,14H,5-6,9-11H2,1H3. The fourth-order valence-corrected chi connectivity index (χ4v) is 2.72. The normalized spacial score (nSPS) is 22.6. The van der Waals surface area contributed by atoms with Gasteiger partial charge in [-0.3, -0.25) is 9.59 Å². The minimum absolute atomic E-state index is 0.0346. The Kier molecular flexibility index (Phi) is 5.30. The van der Waals surface area contributed by atoms with E-state index in [0.29, 0.717) is 18.8 Å². The SMILES string of the molecule is COCC1C(=O)CCCC1CC(=O)Oc1ccccc1. The number of ketones is 1. The van der Waals surface area contributed by atoms with Gasteiger partial charge in [0.25, 0.3) is 0 Å². The molecule has 1 aliphatic rings. The first-order valence-electron chi connectivity index (χ1n) is 6.98. The van der Waals surface area contributed by atoms with Gasteiger partial charge in [0.2, 0.25) is 0 Å². The van der Waals surface area contributed by atoms with Crippen LogP contribution < -0.4 is 4.74 Å². The minimum atomic E-state index is -0.281. The Hall–Kier alpha value is -1.68. The maximum atomic E-state index is 12.0. The van der Waals surface area contributed by atoms with Crippen molar-refractivity contribution < 1.29 is 19.1 Å². The van der Waals surface area contributed by atoms with Crippen molar-refractivity contribution in [1.29, 1.82) is 0 Å². The quantitative estimate of drug-likeness (QED) is 0.613. The van der Waals surface area contributed by atoms with E-state index in [1.807, 2.05) is 18.2 Å². The Labute approximate surface area is 119 Å². The van der Waals surface area contributed by atoms with Crippen LogP contribution in [0.3, 0.4) is 0 Å². The minimum Gasteiger partial charge on any atom is -0.427 e. The Bertz CT molecular complexity index is 455. The fraction of sp³-hybridized carbons (Fsp3) is 0.500. The molecule has 1 fully saturated rings. The summed E-state index contributed by atoms with van der Waals surface area (Å²) in [6, 6.07) is 9.00. The first kappa shape index (κ1) is 14.7. The lowest BCUT2D eigenvalue weighted by Gasteiger charge is -2.29. The summed E-state index contributed by atoms with van der Waals surface area (Å²) in [5.41, 5.74) is 0. The number of methoxy groups -OCH3 is 1. The van der Waals surface area contributed by atoms with Gasteiger partial charge in [0.1, 0.15) is 11.5 Å². The van der Waals surface area contributed by atoms with Crippen molar-refractivity contribution in [3.05, 3.63) is 30.3 Å². The summed E-state index contributed by atoms with van der Waals surface area (Å²) in [6.45, 7) is 0.391. The number of carbonyl (C=O) groups excluding carboxylic acids is 2. The van der Waals surface area contributed by atoms with Crippen LogP contribution >= 0.6 is 0 Å². The van der Waals surface area contributed by atoms with Crippen LogP contribution in [0.15, 0.2) is 30.3 Å². The maximum Gasteiger partial charge on any atom is 0.311 e. The van der Waals surface area contributed by atoms with Crippen molar-refractivity contribution in [2.75, 3.05) is 13.7 Å². The van der Waals surface area contributed by atoms with Crippen molar-refractivity contribution in [3.63, 3.8) is 0 Å². The van der Waals surface area contributed by atoms with Crippen molar-refractivity contribution >= 4 is 11.8 Å². The van der Waals surface area contributed by atoms with E-state index in [2.05, 4.69) is 0 Å². The number of rotatable bonds is 5. The Morgan fingerprint density at radius 1 is 1.30 bits per heavy atom. The van der Waals surface area contributed by atoms with Gasteiger partial charge < -0.3 is 9.47 Å². The predicted octanol–water partition coefficient (Wildman–Crippen LogP) is 2.61. The average molecular weight is 276 g/mol. The largest absolute Gasteiger partial charge is 0.427 e. The smallest absolute Gasteiger partial charge is 0.311 e. The molecule has 0 spiro atoms. The van der Waals surface area contributed by atoms with E-state index < -0.39 is 0 Å². The van der Waals surface area contributed by atoms with Gasteiger partial charge >= 0.3 is 5.97 Å². The number of benzene rings is 1. The van der Waals surface area contributed by atoms with E-state index in [9.17, 15) is 9.59 Å². The second kappa shape index (κ2) is 7.20. The molecule has 4 heteroatoms. The highest BCUT2D eigenvalue weighted by Gasteiger charge is 2.33. The van der Waals surface area contributed by atoms with E-state index >= 15 is 0 Å². The third-order valence-electron chi connectivity index (χ3n) is 3.73. The molecule has 0 bridgehead atoms. The summed E-state index contributed by atoms with van der Waals surface area (Å²) < 4.78 is 10.4. The van der Waals surface area contributed by atoms with E-state index in [4.69, 9.17) is 9.47 Å². The molecule has 2 unspecified atom stereocenters. The number of carbonyl (C=O) groups is 2. The van der Waals surface area contributed by atoms with Crippen molar-refractivity contribution in [2.24, 2.45) is 11.8 Å². The molecule has 0 N–H and O–H groups in total. The summed E-state index contributed by atoms with van der Waals surface area (Å²) >= 11 is 0. The summed E-state index contributed by atoms with van der Waals surface area (Å²) in [4.78, 5) is 23.9. The summed E-state index contributed by atoms with van der Waals surface area (Å²) in [5, 5.41) is 0.